The molecule has 118 valence electrons. The average Bonchev–Trinajstić information content (AvgIpc) is 2.90. The summed E-state index contributed by atoms with van der Waals surface area (Å²) in [5.41, 5.74) is 0.879. The Balaban J connectivity index is 2.06. The second kappa shape index (κ2) is 6.30. The Morgan fingerprint density at radius 1 is 1.36 bits per heavy atom. The SMILES string of the molecule is CN(CCC(F)(F)F)C(=O)c1ccc(-c2n[nH]c(=S)o2)cc1. The van der Waals surface area contributed by atoms with Gasteiger partial charge in [0.1, 0.15) is 0 Å². The van der Waals surface area contributed by atoms with Crippen molar-refractivity contribution in [1.82, 2.24) is 15.1 Å². The van der Waals surface area contributed by atoms with E-state index in [1.54, 1.807) is 12.1 Å². The molecule has 1 N–H and O–H groups in total. The Labute approximate surface area is 128 Å². The van der Waals surface area contributed by atoms with Gasteiger partial charge in [-0.1, -0.05) is 0 Å². The number of rotatable bonds is 4. The van der Waals surface area contributed by atoms with E-state index in [0.29, 0.717) is 5.56 Å². The lowest BCUT2D eigenvalue weighted by Gasteiger charge is -2.18. The minimum atomic E-state index is -4.29. The van der Waals surface area contributed by atoms with Crippen LogP contribution in [0.4, 0.5) is 13.2 Å². The molecule has 2 rings (SSSR count). The van der Waals surface area contributed by atoms with Crippen molar-refractivity contribution in [2.45, 2.75) is 12.6 Å². The Morgan fingerprint density at radius 3 is 2.50 bits per heavy atom. The summed E-state index contributed by atoms with van der Waals surface area (Å²) in [6.45, 7) is -0.391. The van der Waals surface area contributed by atoms with E-state index in [0.717, 1.165) is 4.90 Å². The molecule has 1 aromatic heterocycles. The average molecular weight is 331 g/mol. The first kappa shape index (κ1) is 16.2. The van der Waals surface area contributed by atoms with Crippen molar-refractivity contribution in [3.8, 4) is 11.5 Å². The molecule has 1 aromatic carbocycles. The summed E-state index contributed by atoms with van der Waals surface area (Å²) < 4.78 is 41.6. The zero-order valence-electron chi connectivity index (χ0n) is 11.5. The smallest absolute Gasteiger partial charge is 0.390 e. The van der Waals surface area contributed by atoms with Gasteiger partial charge in [-0.05, 0) is 36.5 Å². The molecule has 0 saturated heterocycles. The topological polar surface area (TPSA) is 62.1 Å². The predicted molar refractivity (Wildman–Crippen MR) is 74.8 cm³/mol. The molecular weight excluding hydrogens is 319 g/mol. The van der Waals surface area contributed by atoms with Crippen LogP contribution in [0.15, 0.2) is 28.7 Å². The molecule has 0 spiro atoms. The van der Waals surface area contributed by atoms with E-state index in [2.05, 4.69) is 10.2 Å². The normalized spacial score (nSPS) is 11.5. The second-order valence-electron chi connectivity index (χ2n) is 4.59. The third-order valence-electron chi connectivity index (χ3n) is 2.89. The first-order valence-electron chi connectivity index (χ1n) is 6.24. The van der Waals surface area contributed by atoms with Gasteiger partial charge >= 0.3 is 6.18 Å². The second-order valence-corrected chi connectivity index (χ2v) is 4.96. The van der Waals surface area contributed by atoms with Crippen LogP contribution in [-0.4, -0.2) is 40.8 Å². The van der Waals surface area contributed by atoms with E-state index in [9.17, 15) is 18.0 Å². The summed E-state index contributed by atoms with van der Waals surface area (Å²) in [6.07, 6.45) is -5.33. The molecule has 0 aliphatic rings. The van der Waals surface area contributed by atoms with Gasteiger partial charge in [-0.2, -0.15) is 13.2 Å². The first-order valence-corrected chi connectivity index (χ1v) is 6.65. The molecular formula is C13H12F3N3O2S. The number of hydrogen-bond acceptors (Lipinski definition) is 4. The largest absolute Gasteiger partial charge is 0.409 e. The molecule has 0 aliphatic carbocycles. The van der Waals surface area contributed by atoms with Crippen LogP contribution in [0.25, 0.3) is 11.5 Å². The zero-order chi connectivity index (χ0) is 16.3. The van der Waals surface area contributed by atoms with Crippen molar-refractivity contribution in [2.75, 3.05) is 13.6 Å². The predicted octanol–water partition coefficient (Wildman–Crippen LogP) is 3.42. The lowest BCUT2D eigenvalue weighted by Crippen LogP contribution is -2.30. The number of carbonyl (C=O) groups is 1. The Bertz CT molecular complexity index is 706. The molecule has 5 nitrogen and oxygen atoms in total. The molecule has 0 bridgehead atoms. The van der Waals surface area contributed by atoms with Crippen LogP contribution >= 0.6 is 12.2 Å². The van der Waals surface area contributed by atoms with Gasteiger partial charge in [0.2, 0.25) is 5.89 Å². The van der Waals surface area contributed by atoms with Crippen LogP contribution in [0, 0.1) is 4.84 Å². The number of benzene rings is 1. The number of nitrogens with one attached hydrogen (secondary N) is 1. The van der Waals surface area contributed by atoms with Gasteiger partial charge < -0.3 is 9.32 Å². The van der Waals surface area contributed by atoms with Gasteiger partial charge in [0.25, 0.3) is 10.7 Å². The summed E-state index contributed by atoms with van der Waals surface area (Å²) in [5.74, 6) is -0.215. The van der Waals surface area contributed by atoms with E-state index in [1.807, 2.05) is 0 Å². The third-order valence-corrected chi connectivity index (χ3v) is 3.07. The van der Waals surface area contributed by atoms with E-state index < -0.39 is 25.0 Å². The van der Waals surface area contributed by atoms with Crippen LogP contribution in [0.1, 0.15) is 16.8 Å². The minimum absolute atomic E-state index is 0.127. The van der Waals surface area contributed by atoms with E-state index >= 15 is 0 Å². The quantitative estimate of drug-likeness (QED) is 0.872. The van der Waals surface area contributed by atoms with E-state index in [4.69, 9.17) is 16.6 Å². The van der Waals surface area contributed by atoms with Crippen molar-refractivity contribution in [1.29, 1.82) is 0 Å². The van der Waals surface area contributed by atoms with Gasteiger partial charge in [0.05, 0.1) is 6.42 Å². The number of H-pyrrole nitrogens is 1. The number of halogens is 3. The molecule has 9 heteroatoms. The van der Waals surface area contributed by atoms with E-state index in [-0.39, 0.29) is 16.3 Å². The lowest BCUT2D eigenvalue weighted by atomic mass is 10.1. The molecule has 0 saturated carbocycles. The molecule has 0 aliphatic heterocycles. The van der Waals surface area contributed by atoms with Crippen molar-refractivity contribution in [3.63, 3.8) is 0 Å². The van der Waals surface area contributed by atoms with Crippen molar-refractivity contribution in [2.24, 2.45) is 0 Å². The highest BCUT2D eigenvalue weighted by molar-refractivity contribution is 7.71. The lowest BCUT2D eigenvalue weighted by molar-refractivity contribution is -0.136. The number of nitrogens with zero attached hydrogens (tertiary/aromatic N) is 2. The highest BCUT2D eigenvalue weighted by Gasteiger charge is 2.28. The van der Waals surface area contributed by atoms with Gasteiger partial charge in [0, 0.05) is 24.7 Å². The molecule has 22 heavy (non-hydrogen) atoms. The fraction of sp³-hybridized carbons (Fsp3) is 0.308. The summed E-state index contributed by atoms with van der Waals surface area (Å²) in [6, 6.07) is 6.16. The fourth-order valence-electron chi connectivity index (χ4n) is 1.73. The summed E-state index contributed by atoms with van der Waals surface area (Å²) in [7, 11) is 1.33. The van der Waals surface area contributed by atoms with Crippen molar-refractivity contribution in [3.05, 3.63) is 34.7 Å². The monoisotopic (exact) mass is 331 g/mol. The highest BCUT2D eigenvalue weighted by atomic mass is 32.1. The van der Waals surface area contributed by atoms with Gasteiger partial charge in [-0.15, -0.1) is 5.10 Å². The van der Waals surface area contributed by atoms with Gasteiger partial charge in [-0.25, -0.2) is 5.10 Å². The number of aromatic nitrogens is 2. The van der Waals surface area contributed by atoms with Crippen LogP contribution < -0.4 is 0 Å². The summed E-state index contributed by atoms with van der Waals surface area (Å²) in [5, 5.41) is 6.31. The van der Waals surface area contributed by atoms with E-state index in [1.165, 1.54) is 19.2 Å². The van der Waals surface area contributed by atoms with Gasteiger partial charge in [0.15, 0.2) is 0 Å². The summed E-state index contributed by atoms with van der Waals surface area (Å²) >= 11 is 4.76. The van der Waals surface area contributed by atoms with Crippen LogP contribution in [0.5, 0.6) is 0 Å². The Kier molecular flexibility index (Phi) is 4.65. The maximum Gasteiger partial charge on any atom is 0.390 e. The standard InChI is InChI=1S/C13H12F3N3O2S/c1-19(7-6-13(14,15)16)11(20)9-4-2-8(3-5-9)10-17-18-12(22)21-10/h2-5H,6-7H2,1H3,(H,18,22). The molecule has 0 fully saturated rings. The zero-order valence-corrected chi connectivity index (χ0v) is 12.3. The number of carbonyl (C=O) groups excluding carboxylic acids is 1. The number of alkyl halides is 3. The Morgan fingerprint density at radius 2 is 2.00 bits per heavy atom. The molecule has 1 amide bonds. The maximum absolute atomic E-state index is 12.2. The fourth-order valence-corrected chi connectivity index (χ4v) is 1.85. The maximum atomic E-state index is 12.2. The van der Waals surface area contributed by atoms with Crippen LogP contribution in [0.2, 0.25) is 0 Å². The third kappa shape index (κ3) is 4.17. The highest BCUT2D eigenvalue weighted by Crippen LogP contribution is 2.21. The van der Waals surface area contributed by atoms with Gasteiger partial charge in [-0.3, -0.25) is 4.79 Å². The van der Waals surface area contributed by atoms with Crippen LogP contribution in [-0.2, 0) is 0 Å². The molecule has 2 aromatic rings. The minimum Gasteiger partial charge on any atom is -0.409 e. The molecule has 0 atom stereocenters. The molecule has 1 heterocycles. The van der Waals surface area contributed by atoms with Crippen molar-refractivity contribution < 1.29 is 22.4 Å². The number of aromatic amines is 1. The Hall–Kier alpha value is -2.16. The number of amides is 1. The molecule has 0 unspecified atom stereocenters. The molecule has 0 radical (unpaired) electrons. The van der Waals surface area contributed by atoms with Crippen LogP contribution in [0.3, 0.4) is 0 Å². The number of hydrogen-bond donors (Lipinski definition) is 1. The van der Waals surface area contributed by atoms with Crippen molar-refractivity contribution >= 4 is 18.1 Å². The summed E-state index contributed by atoms with van der Waals surface area (Å²) in [4.78, 5) is 13.2. The first-order chi connectivity index (χ1) is 10.3.